The predicted octanol–water partition coefficient (Wildman–Crippen LogP) is 6.19. The first-order valence-electron chi connectivity index (χ1n) is 13.0. The lowest BCUT2D eigenvalue weighted by molar-refractivity contribution is 0.102. The van der Waals surface area contributed by atoms with Crippen LogP contribution in [0.3, 0.4) is 0 Å². The number of nitrogens with one attached hydrogen (secondary N) is 2. The molecule has 4 aromatic rings. The second-order valence-corrected chi connectivity index (χ2v) is 10.3. The molecule has 8 nitrogen and oxygen atoms in total. The predicted molar refractivity (Wildman–Crippen MR) is 161 cm³/mol. The van der Waals surface area contributed by atoms with Crippen molar-refractivity contribution in [2.24, 2.45) is 0 Å². The van der Waals surface area contributed by atoms with E-state index in [1.807, 2.05) is 43.5 Å². The van der Waals surface area contributed by atoms with Gasteiger partial charge in [-0.3, -0.25) is 4.79 Å². The molecule has 3 aromatic carbocycles. The summed E-state index contributed by atoms with van der Waals surface area (Å²) in [5.74, 6) is 0.275. The molecule has 0 atom stereocenters. The molecule has 0 unspecified atom stereocenters. The lowest BCUT2D eigenvalue weighted by Crippen LogP contribution is -2.36. The highest BCUT2D eigenvalue weighted by Gasteiger charge is 2.16. The van der Waals surface area contributed by atoms with Crippen LogP contribution < -0.4 is 15.5 Å². The van der Waals surface area contributed by atoms with Crippen LogP contribution in [0.2, 0.25) is 0 Å². The Hall–Kier alpha value is -4.39. The van der Waals surface area contributed by atoms with Crippen molar-refractivity contribution in [3.8, 4) is 17.3 Å². The minimum atomic E-state index is -0.170. The van der Waals surface area contributed by atoms with Gasteiger partial charge in [0.15, 0.2) is 0 Å². The monoisotopic (exact) mass is 550 g/mol. The average Bonchev–Trinajstić information content (AvgIpc) is 3.00. The van der Waals surface area contributed by atoms with Gasteiger partial charge < -0.3 is 20.3 Å². The molecule has 0 radical (unpaired) electrons. The molecule has 1 amide bonds. The van der Waals surface area contributed by atoms with Crippen LogP contribution in [0.25, 0.3) is 11.3 Å². The molecule has 40 heavy (non-hydrogen) atoms. The molecule has 5 rings (SSSR count). The summed E-state index contributed by atoms with van der Waals surface area (Å²) in [7, 11) is 0. The van der Waals surface area contributed by atoms with Gasteiger partial charge in [-0.15, -0.1) is 11.8 Å². The van der Waals surface area contributed by atoms with E-state index in [0.717, 1.165) is 57.4 Å². The Balaban J connectivity index is 1.30. The smallest absolute Gasteiger partial charge is 0.255 e. The molecule has 1 aliphatic rings. The first-order chi connectivity index (χ1) is 19.4. The van der Waals surface area contributed by atoms with Crippen molar-refractivity contribution in [2.45, 2.75) is 18.7 Å². The fourth-order valence-electron chi connectivity index (χ4n) is 4.49. The number of hydrogen-bond acceptors (Lipinski definition) is 8. The number of hydrogen-bond donors (Lipinski definition) is 2. The molecule has 1 saturated heterocycles. The summed E-state index contributed by atoms with van der Waals surface area (Å²) in [4.78, 5) is 25.5. The van der Waals surface area contributed by atoms with Crippen molar-refractivity contribution in [1.82, 2.24) is 9.97 Å². The van der Waals surface area contributed by atoms with E-state index in [1.165, 1.54) is 0 Å². The van der Waals surface area contributed by atoms with Gasteiger partial charge in [-0.2, -0.15) is 5.26 Å². The molecule has 0 saturated carbocycles. The summed E-state index contributed by atoms with van der Waals surface area (Å²) in [5.41, 5.74) is 7.69. The summed E-state index contributed by atoms with van der Waals surface area (Å²) >= 11 is 1.56. The van der Waals surface area contributed by atoms with Gasteiger partial charge in [-0.05, 0) is 79.8 Å². The van der Waals surface area contributed by atoms with Crippen molar-refractivity contribution in [2.75, 3.05) is 48.1 Å². The third kappa shape index (κ3) is 6.09. The third-order valence-corrected chi connectivity index (χ3v) is 7.68. The zero-order chi connectivity index (χ0) is 28.1. The zero-order valence-electron chi connectivity index (χ0n) is 22.7. The maximum Gasteiger partial charge on any atom is 0.255 e. The molecule has 2 N–H and O–H groups in total. The molecule has 0 bridgehead atoms. The van der Waals surface area contributed by atoms with Crippen LogP contribution in [-0.2, 0) is 4.74 Å². The summed E-state index contributed by atoms with van der Waals surface area (Å²) < 4.78 is 5.48. The van der Waals surface area contributed by atoms with Gasteiger partial charge in [0.2, 0.25) is 5.95 Å². The maximum atomic E-state index is 13.1. The fraction of sp³-hybridized carbons (Fsp3) is 0.226. The number of carbonyl (C=O) groups is 1. The van der Waals surface area contributed by atoms with E-state index in [4.69, 9.17) is 15.0 Å². The Kier molecular flexibility index (Phi) is 8.29. The number of nitriles is 1. The number of ether oxygens (including phenoxy) is 1. The Morgan fingerprint density at radius 2 is 1.77 bits per heavy atom. The summed E-state index contributed by atoms with van der Waals surface area (Å²) in [6.45, 7) is 7.18. The molecule has 202 valence electrons. The second kappa shape index (κ2) is 12.2. The second-order valence-electron chi connectivity index (χ2n) is 9.49. The molecular weight excluding hydrogens is 520 g/mol. The van der Waals surface area contributed by atoms with Crippen LogP contribution in [0.15, 0.2) is 71.8 Å². The summed E-state index contributed by atoms with van der Waals surface area (Å²) in [5, 5.41) is 15.4. The van der Waals surface area contributed by atoms with E-state index in [9.17, 15) is 4.79 Å². The highest BCUT2D eigenvalue weighted by Crippen LogP contribution is 2.30. The highest BCUT2D eigenvalue weighted by molar-refractivity contribution is 7.98. The van der Waals surface area contributed by atoms with Gasteiger partial charge in [0, 0.05) is 47.5 Å². The van der Waals surface area contributed by atoms with Crippen molar-refractivity contribution < 1.29 is 9.53 Å². The van der Waals surface area contributed by atoms with E-state index in [-0.39, 0.29) is 5.91 Å². The van der Waals surface area contributed by atoms with Crippen LogP contribution in [0.1, 0.15) is 27.0 Å². The number of thioether (sulfide) groups is 1. The van der Waals surface area contributed by atoms with E-state index in [0.29, 0.717) is 30.3 Å². The molecule has 9 heteroatoms. The molecule has 0 spiro atoms. The minimum absolute atomic E-state index is 0.170. The van der Waals surface area contributed by atoms with E-state index in [2.05, 4.69) is 39.6 Å². The maximum absolute atomic E-state index is 13.1. The quantitative estimate of drug-likeness (QED) is 0.263. The Morgan fingerprint density at radius 3 is 2.45 bits per heavy atom. The number of morpholine rings is 1. The summed E-state index contributed by atoms with van der Waals surface area (Å²) in [6.07, 6.45) is 3.76. The zero-order valence-corrected chi connectivity index (χ0v) is 23.5. The average molecular weight is 551 g/mol. The van der Waals surface area contributed by atoms with E-state index >= 15 is 0 Å². The molecule has 1 aromatic heterocycles. The van der Waals surface area contributed by atoms with Crippen molar-refractivity contribution in [1.29, 1.82) is 5.26 Å². The van der Waals surface area contributed by atoms with Crippen LogP contribution >= 0.6 is 11.8 Å². The van der Waals surface area contributed by atoms with Crippen molar-refractivity contribution in [3.63, 3.8) is 0 Å². The van der Waals surface area contributed by atoms with Crippen LogP contribution in [0, 0.1) is 25.2 Å². The van der Waals surface area contributed by atoms with Crippen LogP contribution in [0.4, 0.5) is 23.0 Å². The summed E-state index contributed by atoms with van der Waals surface area (Å²) in [6, 6.07) is 20.9. The Bertz CT molecular complexity index is 1560. The standard InChI is InChI=1S/C31H30N6O2S/c1-20-16-26(37-12-14-39-15-13-37)17-27(21(20)2)35-30(38)24-8-10-25(11-9-24)34-31-33-19-28(40-3)29(36-31)23-6-4-22(18-32)5-7-23/h4-11,16-17,19H,12-15H2,1-3H3,(H,35,38)(H,33,34,36). The topological polar surface area (TPSA) is 103 Å². The highest BCUT2D eigenvalue weighted by atomic mass is 32.2. The molecule has 1 fully saturated rings. The van der Waals surface area contributed by atoms with E-state index < -0.39 is 0 Å². The number of benzene rings is 3. The van der Waals surface area contributed by atoms with Crippen LogP contribution in [-0.4, -0.2) is 48.4 Å². The SMILES string of the molecule is CSc1cnc(Nc2ccc(C(=O)Nc3cc(N4CCOCC4)cc(C)c3C)cc2)nc1-c1ccc(C#N)cc1. The number of nitrogens with zero attached hydrogens (tertiary/aromatic N) is 4. The first kappa shape index (κ1) is 27.2. The minimum Gasteiger partial charge on any atom is -0.378 e. The largest absolute Gasteiger partial charge is 0.378 e. The Labute approximate surface area is 238 Å². The van der Waals surface area contributed by atoms with Gasteiger partial charge >= 0.3 is 0 Å². The first-order valence-corrected chi connectivity index (χ1v) is 14.2. The van der Waals surface area contributed by atoms with E-state index in [1.54, 1.807) is 42.2 Å². The van der Waals surface area contributed by atoms with Gasteiger partial charge in [0.05, 0.1) is 35.4 Å². The lowest BCUT2D eigenvalue weighted by Gasteiger charge is -2.30. The van der Waals surface area contributed by atoms with Crippen molar-refractivity contribution >= 4 is 40.7 Å². The lowest BCUT2D eigenvalue weighted by atomic mass is 10.1. The fourth-order valence-corrected chi connectivity index (χ4v) is 5.01. The molecular formula is C31H30N6O2S. The normalized spacial score (nSPS) is 13.0. The van der Waals surface area contributed by atoms with Gasteiger partial charge in [-0.1, -0.05) is 12.1 Å². The molecule has 1 aliphatic heterocycles. The third-order valence-electron chi connectivity index (χ3n) is 6.94. The number of rotatable bonds is 7. The van der Waals surface area contributed by atoms with Gasteiger partial charge in [0.25, 0.3) is 5.91 Å². The number of carbonyl (C=O) groups excluding carboxylic acids is 1. The van der Waals surface area contributed by atoms with Crippen LogP contribution in [0.5, 0.6) is 0 Å². The van der Waals surface area contributed by atoms with Gasteiger partial charge in [-0.25, -0.2) is 9.97 Å². The molecule has 2 heterocycles. The number of aromatic nitrogens is 2. The number of anilines is 4. The molecule has 0 aliphatic carbocycles. The van der Waals surface area contributed by atoms with Gasteiger partial charge in [0.1, 0.15) is 0 Å². The number of amides is 1. The Morgan fingerprint density at radius 1 is 1.05 bits per heavy atom. The van der Waals surface area contributed by atoms with Crippen molar-refractivity contribution in [3.05, 3.63) is 89.1 Å². The number of aryl methyl sites for hydroxylation is 1.